The molecule has 2 aromatic heterocycles. The minimum atomic E-state index is -0.919. The molecule has 0 bridgehead atoms. The number of aromatic amines is 1. The molecule has 114 valence electrons. The number of H-pyrrole nitrogens is 1. The SMILES string of the molecule is Cc1noc(-c2ccc(-c3nc4cc(F)c(F)cc4[nH]3)cc2)n1. The highest BCUT2D eigenvalue weighted by Crippen LogP contribution is 2.25. The van der Waals surface area contributed by atoms with E-state index in [2.05, 4.69) is 20.1 Å². The van der Waals surface area contributed by atoms with Gasteiger partial charge in [-0.1, -0.05) is 17.3 Å². The first-order chi connectivity index (χ1) is 11.1. The van der Waals surface area contributed by atoms with Crippen LogP contribution in [0, 0.1) is 18.6 Å². The monoisotopic (exact) mass is 312 g/mol. The number of fused-ring (bicyclic) bond motifs is 1. The van der Waals surface area contributed by atoms with E-state index < -0.39 is 11.6 Å². The first kappa shape index (κ1) is 13.6. The summed E-state index contributed by atoms with van der Waals surface area (Å²) in [4.78, 5) is 11.4. The molecule has 0 spiro atoms. The largest absolute Gasteiger partial charge is 0.338 e. The van der Waals surface area contributed by atoms with Gasteiger partial charge in [0.1, 0.15) is 5.82 Å². The van der Waals surface area contributed by atoms with Crippen LogP contribution in [0.5, 0.6) is 0 Å². The molecule has 0 aliphatic rings. The summed E-state index contributed by atoms with van der Waals surface area (Å²) >= 11 is 0. The summed E-state index contributed by atoms with van der Waals surface area (Å²) in [5.74, 6) is -0.307. The smallest absolute Gasteiger partial charge is 0.257 e. The van der Waals surface area contributed by atoms with Crippen molar-refractivity contribution in [2.24, 2.45) is 0 Å². The Labute approximate surface area is 129 Å². The molecule has 7 heteroatoms. The fraction of sp³-hybridized carbons (Fsp3) is 0.0625. The summed E-state index contributed by atoms with van der Waals surface area (Å²) in [7, 11) is 0. The van der Waals surface area contributed by atoms with Crippen molar-refractivity contribution in [3.63, 3.8) is 0 Å². The lowest BCUT2D eigenvalue weighted by molar-refractivity contribution is 0.425. The molecule has 0 saturated carbocycles. The lowest BCUT2D eigenvalue weighted by Crippen LogP contribution is -1.82. The van der Waals surface area contributed by atoms with Crippen LogP contribution in [-0.4, -0.2) is 20.1 Å². The number of imidazole rings is 1. The molecule has 1 N–H and O–H groups in total. The summed E-state index contributed by atoms with van der Waals surface area (Å²) in [6.07, 6.45) is 0. The number of rotatable bonds is 2. The fourth-order valence-electron chi connectivity index (χ4n) is 2.33. The van der Waals surface area contributed by atoms with Crippen molar-refractivity contribution in [3.8, 4) is 22.8 Å². The van der Waals surface area contributed by atoms with E-state index in [-0.39, 0.29) is 0 Å². The van der Waals surface area contributed by atoms with Crippen LogP contribution in [0.2, 0.25) is 0 Å². The van der Waals surface area contributed by atoms with Crippen LogP contribution in [0.1, 0.15) is 5.82 Å². The van der Waals surface area contributed by atoms with Gasteiger partial charge in [0.25, 0.3) is 5.89 Å². The predicted molar refractivity (Wildman–Crippen MR) is 79.5 cm³/mol. The second-order valence-corrected chi connectivity index (χ2v) is 5.09. The van der Waals surface area contributed by atoms with E-state index in [1.54, 1.807) is 6.92 Å². The van der Waals surface area contributed by atoms with Gasteiger partial charge in [0, 0.05) is 23.3 Å². The standard InChI is InChI=1S/C16H10F2N4O/c1-8-19-16(23-22-8)10-4-2-9(3-5-10)15-20-13-6-11(17)12(18)7-14(13)21-15/h2-7H,1H3,(H,20,21). The average Bonchev–Trinajstić information content (AvgIpc) is 3.14. The maximum atomic E-state index is 13.3. The van der Waals surface area contributed by atoms with Gasteiger partial charge in [-0.15, -0.1) is 0 Å². The van der Waals surface area contributed by atoms with Crippen molar-refractivity contribution in [2.45, 2.75) is 6.92 Å². The maximum absolute atomic E-state index is 13.3. The Morgan fingerprint density at radius 2 is 1.65 bits per heavy atom. The first-order valence-corrected chi connectivity index (χ1v) is 6.86. The number of hydrogen-bond acceptors (Lipinski definition) is 4. The minimum Gasteiger partial charge on any atom is -0.338 e. The molecule has 0 aliphatic heterocycles. The van der Waals surface area contributed by atoms with Gasteiger partial charge in [0.2, 0.25) is 0 Å². The fourth-order valence-corrected chi connectivity index (χ4v) is 2.33. The van der Waals surface area contributed by atoms with Crippen molar-refractivity contribution in [1.29, 1.82) is 0 Å². The van der Waals surface area contributed by atoms with Gasteiger partial charge >= 0.3 is 0 Å². The molecule has 0 fully saturated rings. The van der Waals surface area contributed by atoms with E-state index in [4.69, 9.17) is 4.52 Å². The molecule has 2 aromatic carbocycles. The lowest BCUT2D eigenvalue weighted by Gasteiger charge is -1.98. The zero-order valence-corrected chi connectivity index (χ0v) is 12.0. The molecule has 4 rings (SSSR count). The van der Waals surface area contributed by atoms with E-state index in [1.807, 2.05) is 24.3 Å². The third-order valence-electron chi connectivity index (χ3n) is 3.46. The van der Waals surface area contributed by atoms with Gasteiger partial charge in [-0.2, -0.15) is 4.98 Å². The Morgan fingerprint density at radius 1 is 0.957 bits per heavy atom. The highest BCUT2D eigenvalue weighted by Gasteiger charge is 2.11. The van der Waals surface area contributed by atoms with Crippen LogP contribution in [0.25, 0.3) is 33.9 Å². The lowest BCUT2D eigenvalue weighted by atomic mass is 10.1. The third kappa shape index (κ3) is 2.36. The Kier molecular flexibility index (Phi) is 2.94. The second kappa shape index (κ2) is 4.98. The Bertz CT molecular complexity index is 966. The molecule has 23 heavy (non-hydrogen) atoms. The number of nitrogens with one attached hydrogen (secondary N) is 1. The Balaban J connectivity index is 1.73. The van der Waals surface area contributed by atoms with E-state index in [0.29, 0.717) is 28.6 Å². The Morgan fingerprint density at radius 3 is 2.35 bits per heavy atom. The third-order valence-corrected chi connectivity index (χ3v) is 3.46. The summed E-state index contributed by atoms with van der Waals surface area (Å²) in [5, 5.41) is 3.74. The van der Waals surface area contributed by atoms with Crippen molar-refractivity contribution >= 4 is 11.0 Å². The topological polar surface area (TPSA) is 67.6 Å². The maximum Gasteiger partial charge on any atom is 0.257 e. The average molecular weight is 312 g/mol. The second-order valence-electron chi connectivity index (χ2n) is 5.09. The first-order valence-electron chi connectivity index (χ1n) is 6.86. The number of aryl methyl sites for hydroxylation is 1. The number of aromatic nitrogens is 4. The molecule has 4 aromatic rings. The summed E-state index contributed by atoms with van der Waals surface area (Å²) in [5.41, 5.74) is 2.37. The minimum absolute atomic E-state index is 0.371. The molecular weight excluding hydrogens is 302 g/mol. The number of benzene rings is 2. The van der Waals surface area contributed by atoms with Crippen LogP contribution in [0.15, 0.2) is 40.9 Å². The summed E-state index contributed by atoms with van der Waals surface area (Å²) in [6.45, 7) is 1.74. The van der Waals surface area contributed by atoms with Crippen LogP contribution < -0.4 is 0 Å². The van der Waals surface area contributed by atoms with Crippen molar-refractivity contribution < 1.29 is 13.3 Å². The van der Waals surface area contributed by atoms with Gasteiger partial charge < -0.3 is 9.51 Å². The van der Waals surface area contributed by atoms with Crippen molar-refractivity contribution in [3.05, 3.63) is 53.9 Å². The van der Waals surface area contributed by atoms with Gasteiger partial charge in [0.05, 0.1) is 11.0 Å². The molecule has 5 nitrogen and oxygen atoms in total. The zero-order chi connectivity index (χ0) is 16.0. The summed E-state index contributed by atoms with van der Waals surface area (Å²) < 4.78 is 31.6. The van der Waals surface area contributed by atoms with Gasteiger partial charge in [-0.3, -0.25) is 0 Å². The molecule has 0 atom stereocenters. The van der Waals surface area contributed by atoms with Crippen LogP contribution in [0.4, 0.5) is 8.78 Å². The Hall–Kier alpha value is -3.09. The van der Waals surface area contributed by atoms with Crippen molar-refractivity contribution in [1.82, 2.24) is 20.1 Å². The van der Waals surface area contributed by atoms with Crippen LogP contribution >= 0.6 is 0 Å². The predicted octanol–water partition coefficient (Wildman–Crippen LogP) is 3.87. The molecule has 0 unspecified atom stereocenters. The van der Waals surface area contributed by atoms with Crippen LogP contribution in [-0.2, 0) is 0 Å². The van der Waals surface area contributed by atoms with Gasteiger partial charge in [-0.25, -0.2) is 13.8 Å². The van der Waals surface area contributed by atoms with Gasteiger partial charge in [-0.05, 0) is 19.1 Å². The van der Waals surface area contributed by atoms with E-state index in [0.717, 1.165) is 23.3 Å². The number of halogens is 2. The number of nitrogens with zero attached hydrogens (tertiary/aromatic N) is 3. The molecular formula is C16H10F2N4O. The van der Waals surface area contributed by atoms with Gasteiger partial charge in [0.15, 0.2) is 17.5 Å². The normalized spacial score (nSPS) is 11.3. The summed E-state index contributed by atoms with van der Waals surface area (Å²) in [6, 6.07) is 9.43. The van der Waals surface area contributed by atoms with Crippen LogP contribution in [0.3, 0.4) is 0 Å². The highest BCUT2D eigenvalue weighted by atomic mass is 19.2. The molecule has 0 amide bonds. The molecule has 0 aliphatic carbocycles. The quantitative estimate of drug-likeness (QED) is 0.610. The van der Waals surface area contributed by atoms with E-state index in [9.17, 15) is 8.78 Å². The zero-order valence-electron chi connectivity index (χ0n) is 12.0. The highest BCUT2D eigenvalue weighted by molar-refractivity contribution is 5.79. The molecule has 2 heterocycles. The van der Waals surface area contributed by atoms with E-state index in [1.165, 1.54) is 0 Å². The van der Waals surface area contributed by atoms with E-state index >= 15 is 0 Å². The molecule has 0 radical (unpaired) electrons. The molecule has 0 saturated heterocycles. The van der Waals surface area contributed by atoms with Crippen molar-refractivity contribution in [2.75, 3.05) is 0 Å². The number of hydrogen-bond donors (Lipinski definition) is 1.